The van der Waals surface area contributed by atoms with Crippen molar-refractivity contribution in [1.82, 2.24) is 9.88 Å². The summed E-state index contributed by atoms with van der Waals surface area (Å²) in [6.45, 7) is 7.09. The lowest BCUT2D eigenvalue weighted by molar-refractivity contribution is 0.0785. The van der Waals surface area contributed by atoms with E-state index in [2.05, 4.69) is 31.8 Å². The number of amides is 1. The molecule has 0 spiro atoms. The van der Waals surface area contributed by atoms with E-state index in [1.54, 1.807) is 11.1 Å². The van der Waals surface area contributed by atoms with Crippen molar-refractivity contribution in [2.24, 2.45) is 0 Å². The second-order valence-electron chi connectivity index (χ2n) is 7.52. The summed E-state index contributed by atoms with van der Waals surface area (Å²) in [6, 6.07) is 18.0. The van der Waals surface area contributed by atoms with Gasteiger partial charge < -0.3 is 4.90 Å². The first-order valence-electron chi connectivity index (χ1n) is 8.54. The fourth-order valence-corrected chi connectivity index (χ4v) is 2.90. The molecule has 1 heterocycles. The molecule has 0 N–H and O–H groups in total. The van der Waals surface area contributed by atoms with E-state index in [4.69, 9.17) is 0 Å². The van der Waals surface area contributed by atoms with Crippen molar-refractivity contribution >= 4 is 16.8 Å². The highest BCUT2D eigenvalue weighted by Crippen LogP contribution is 2.22. The van der Waals surface area contributed by atoms with Gasteiger partial charge in [0.2, 0.25) is 0 Å². The van der Waals surface area contributed by atoms with Gasteiger partial charge in [0, 0.05) is 30.7 Å². The van der Waals surface area contributed by atoms with E-state index in [-0.39, 0.29) is 11.3 Å². The molecule has 0 aliphatic heterocycles. The molecule has 25 heavy (non-hydrogen) atoms. The van der Waals surface area contributed by atoms with Crippen molar-refractivity contribution in [3.05, 3.63) is 77.5 Å². The third kappa shape index (κ3) is 3.87. The van der Waals surface area contributed by atoms with Gasteiger partial charge in [0.1, 0.15) is 0 Å². The summed E-state index contributed by atoms with van der Waals surface area (Å²) in [5.41, 5.74) is 4.11. The van der Waals surface area contributed by atoms with E-state index >= 15 is 0 Å². The molecule has 3 nitrogen and oxygen atoms in total. The summed E-state index contributed by atoms with van der Waals surface area (Å²) in [6.07, 6.45) is 1.79. The Hall–Kier alpha value is -2.68. The molecule has 0 unspecified atom stereocenters. The molecule has 0 bridgehead atoms. The highest BCUT2D eigenvalue weighted by molar-refractivity contribution is 5.94. The van der Waals surface area contributed by atoms with Crippen LogP contribution in [0.5, 0.6) is 0 Å². The number of carbonyl (C=O) groups excluding carboxylic acids is 1. The number of rotatable bonds is 3. The first kappa shape index (κ1) is 17.2. The van der Waals surface area contributed by atoms with Crippen molar-refractivity contribution in [2.45, 2.75) is 32.7 Å². The van der Waals surface area contributed by atoms with Gasteiger partial charge in [-0.2, -0.15) is 0 Å². The molecule has 0 saturated carbocycles. The molecule has 3 rings (SSSR count). The van der Waals surface area contributed by atoms with Crippen LogP contribution in [0, 0.1) is 0 Å². The van der Waals surface area contributed by atoms with Gasteiger partial charge in [0.25, 0.3) is 5.91 Å². The van der Waals surface area contributed by atoms with Crippen LogP contribution in [-0.4, -0.2) is 22.8 Å². The molecule has 0 saturated heterocycles. The van der Waals surface area contributed by atoms with Crippen LogP contribution < -0.4 is 0 Å². The lowest BCUT2D eigenvalue weighted by atomic mass is 9.86. The number of carbonyl (C=O) groups is 1. The maximum absolute atomic E-state index is 12.7. The van der Waals surface area contributed by atoms with Crippen molar-refractivity contribution in [1.29, 1.82) is 0 Å². The molecule has 128 valence electrons. The fraction of sp³-hybridized carbons (Fsp3) is 0.273. The van der Waals surface area contributed by atoms with E-state index in [0.29, 0.717) is 6.54 Å². The third-order valence-electron chi connectivity index (χ3n) is 4.43. The zero-order valence-corrected chi connectivity index (χ0v) is 15.3. The predicted molar refractivity (Wildman–Crippen MR) is 103 cm³/mol. The van der Waals surface area contributed by atoms with Crippen LogP contribution in [0.15, 0.2) is 60.8 Å². The van der Waals surface area contributed by atoms with Crippen LogP contribution in [0.25, 0.3) is 10.9 Å². The monoisotopic (exact) mass is 332 g/mol. The van der Waals surface area contributed by atoms with Crippen molar-refractivity contribution in [2.75, 3.05) is 7.05 Å². The van der Waals surface area contributed by atoms with E-state index in [0.717, 1.165) is 22.0 Å². The summed E-state index contributed by atoms with van der Waals surface area (Å²) in [5.74, 6) is 0.0340. The Labute approximate surface area is 149 Å². The molecule has 0 atom stereocenters. The minimum Gasteiger partial charge on any atom is -0.337 e. The summed E-state index contributed by atoms with van der Waals surface area (Å²) >= 11 is 0. The minimum atomic E-state index is 0.0340. The van der Waals surface area contributed by atoms with Gasteiger partial charge in [-0.05, 0) is 46.9 Å². The Bertz CT molecular complexity index is 892. The first-order valence-corrected chi connectivity index (χ1v) is 8.54. The van der Waals surface area contributed by atoms with E-state index in [1.807, 2.05) is 55.6 Å². The Kier molecular flexibility index (Phi) is 4.58. The third-order valence-corrected chi connectivity index (χ3v) is 4.43. The Morgan fingerprint density at radius 2 is 1.76 bits per heavy atom. The van der Waals surface area contributed by atoms with Crippen LogP contribution in [0.4, 0.5) is 0 Å². The molecule has 3 heteroatoms. The molecule has 1 amide bonds. The van der Waals surface area contributed by atoms with Crippen molar-refractivity contribution < 1.29 is 4.79 Å². The van der Waals surface area contributed by atoms with Gasteiger partial charge in [-0.1, -0.05) is 45.0 Å². The second kappa shape index (κ2) is 6.67. The number of hydrogen-bond acceptors (Lipinski definition) is 2. The van der Waals surface area contributed by atoms with Crippen LogP contribution >= 0.6 is 0 Å². The van der Waals surface area contributed by atoms with Crippen LogP contribution in [-0.2, 0) is 12.0 Å². The summed E-state index contributed by atoms with van der Waals surface area (Å²) in [5, 5.41) is 1.09. The highest BCUT2D eigenvalue weighted by atomic mass is 16.2. The van der Waals surface area contributed by atoms with E-state index in [1.165, 1.54) is 5.56 Å². The number of fused-ring (bicyclic) bond motifs is 1. The molecule has 0 radical (unpaired) electrons. The van der Waals surface area contributed by atoms with Crippen molar-refractivity contribution in [3.63, 3.8) is 0 Å². The number of nitrogens with zero attached hydrogens (tertiary/aromatic N) is 2. The quantitative estimate of drug-likeness (QED) is 0.690. The first-order chi connectivity index (χ1) is 11.8. The average Bonchev–Trinajstić information content (AvgIpc) is 2.60. The second-order valence-corrected chi connectivity index (χ2v) is 7.52. The maximum Gasteiger partial charge on any atom is 0.253 e. The van der Waals surface area contributed by atoms with E-state index < -0.39 is 0 Å². The lowest BCUT2D eigenvalue weighted by Crippen LogP contribution is -2.26. The molecule has 3 aromatic rings. The molecule has 1 aromatic heterocycles. The SMILES string of the molecule is CN(Cc1ccc2ncccc2c1)C(=O)c1ccc(C(C)(C)C)cc1. The van der Waals surface area contributed by atoms with Crippen LogP contribution in [0.3, 0.4) is 0 Å². The zero-order valence-electron chi connectivity index (χ0n) is 15.3. The van der Waals surface area contributed by atoms with Gasteiger partial charge in [0.05, 0.1) is 5.52 Å². The molecule has 0 aliphatic carbocycles. The van der Waals surface area contributed by atoms with Crippen LogP contribution in [0.1, 0.15) is 42.3 Å². The Morgan fingerprint density at radius 1 is 1.04 bits per heavy atom. The number of benzene rings is 2. The maximum atomic E-state index is 12.7. The Balaban J connectivity index is 1.75. The lowest BCUT2D eigenvalue weighted by Gasteiger charge is -2.21. The van der Waals surface area contributed by atoms with Gasteiger partial charge in [-0.25, -0.2) is 0 Å². The molecule has 0 fully saturated rings. The number of hydrogen-bond donors (Lipinski definition) is 0. The molecular weight excluding hydrogens is 308 g/mol. The van der Waals surface area contributed by atoms with E-state index in [9.17, 15) is 4.79 Å². The highest BCUT2D eigenvalue weighted by Gasteiger charge is 2.16. The fourth-order valence-electron chi connectivity index (χ4n) is 2.90. The largest absolute Gasteiger partial charge is 0.337 e. The summed E-state index contributed by atoms with van der Waals surface area (Å²) < 4.78 is 0. The Morgan fingerprint density at radius 3 is 2.44 bits per heavy atom. The van der Waals surface area contributed by atoms with Crippen molar-refractivity contribution in [3.8, 4) is 0 Å². The zero-order chi connectivity index (χ0) is 18.0. The molecular formula is C22H24N2O. The molecule has 2 aromatic carbocycles. The topological polar surface area (TPSA) is 33.2 Å². The normalized spacial score (nSPS) is 11.5. The number of pyridine rings is 1. The molecule has 0 aliphatic rings. The van der Waals surface area contributed by atoms with Crippen LogP contribution in [0.2, 0.25) is 0 Å². The predicted octanol–water partition coefficient (Wildman–Crippen LogP) is 4.80. The minimum absolute atomic E-state index is 0.0340. The van der Waals surface area contributed by atoms with Gasteiger partial charge in [-0.3, -0.25) is 9.78 Å². The smallest absolute Gasteiger partial charge is 0.253 e. The van der Waals surface area contributed by atoms with Gasteiger partial charge >= 0.3 is 0 Å². The average molecular weight is 332 g/mol. The van der Waals surface area contributed by atoms with Gasteiger partial charge in [0.15, 0.2) is 0 Å². The number of aromatic nitrogens is 1. The summed E-state index contributed by atoms with van der Waals surface area (Å²) in [4.78, 5) is 18.8. The standard InChI is InChI=1S/C22H24N2O/c1-22(2,3)19-10-8-17(9-11-19)21(25)24(4)15-16-7-12-20-18(14-16)6-5-13-23-20/h5-14H,15H2,1-4H3. The summed E-state index contributed by atoms with van der Waals surface area (Å²) in [7, 11) is 1.84. The van der Waals surface area contributed by atoms with Gasteiger partial charge in [-0.15, -0.1) is 0 Å².